The third kappa shape index (κ3) is 10.4. The summed E-state index contributed by atoms with van der Waals surface area (Å²) in [6.45, 7) is 7.40. The molecule has 1 saturated heterocycles. The van der Waals surface area contributed by atoms with Gasteiger partial charge in [0.2, 0.25) is 0 Å². The number of benzene rings is 1. The van der Waals surface area contributed by atoms with E-state index in [9.17, 15) is 13.6 Å². The van der Waals surface area contributed by atoms with Crippen LogP contribution in [0.1, 0.15) is 64.9 Å². The van der Waals surface area contributed by atoms with Crippen LogP contribution in [0.2, 0.25) is 0 Å². The van der Waals surface area contributed by atoms with Gasteiger partial charge in [0.1, 0.15) is 11.4 Å². The van der Waals surface area contributed by atoms with Crippen molar-refractivity contribution in [2.75, 3.05) is 26.3 Å². The number of allylic oxidation sites excluding steroid dienone is 2. The molecule has 1 heterocycles. The Kier molecular flexibility index (Phi) is 13.0. The Balaban J connectivity index is 0.000000482. The summed E-state index contributed by atoms with van der Waals surface area (Å²) in [6, 6.07) is 1.99. The second-order valence-corrected chi connectivity index (χ2v) is 11.2. The smallest absolute Gasteiger partial charge is 0.310 e. The van der Waals surface area contributed by atoms with Crippen LogP contribution >= 0.6 is 0 Å². The monoisotopic (exact) mass is 608 g/mol. The molecule has 38 heavy (non-hydrogen) atoms. The summed E-state index contributed by atoms with van der Waals surface area (Å²) in [7, 11) is 0. The van der Waals surface area contributed by atoms with E-state index in [2.05, 4.69) is 17.5 Å². The van der Waals surface area contributed by atoms with Crippen molar-refractivity contribution in [2.24, 2.45) is 17.6 Å². The number of esters is 1. The molecule has 2 atom stereocenters. The minimum atomic E-state index is -0.697. The molecule has 1 aliphatic heterocycles. The van der Waals surface area contributed by atoms with Gasteiger partial charge >= 0.3 is 5.97 Å². The van der Waals surface area contributed by atoms with Gasteiger partial charge in [0.25, 0.3) is 0 Å². The number of aliphatic hydroxyl groups excluding tert-OH is 1. The van der Waals surface area contributed by atoms with Crippen LogP contribution in [0.15, 0.2) is 35.9 Å². The summed E-state index contributed by atoms with van der Waals surface area (Å²) in [5.41, 5.74) is 6.50. The number of carbonyl (C=O) groups is 1. The second kappa shape index (κ2) is 15.0. The van der Waals surface area contributed by atoms with Gasteiger partial charge in [0, 0.05) is 49.9 Å². The molecule has 3 aliphatic rings. The molecule has 2 fully saturated rings. The Morgan fingerprint density at radius 1 is 1.18 bits per heavy atom. The van der Waals surface area contributed by atoms with Gasteiger partial charge in [0.15, 0.2) is 11.6 Å². The molecule has 1 radical (unpaired) electrons. The standard InChI is InChI=1S/C22H31F2N2O3.C7H10O.Y/c1-21(2,3)29-20(27)11-15-10-18(24)19(12-17(15)23)28-9-6-22(25)13-16(22)14-4-7-26-8-5-14;8-6-7-4-2-1-3-5-7;/h10,12,14,16H,4-9,11,13,25H2,1-3H3;2,4-5,8H,1,3,6H2;/q-1;;. The molecule has 2 aliphatic carbocycles. The second-order valence-electron chi connectivity index (χ2n) is 11.2. The number of ether oxygens (including phenoxy) is 2. The molecule has 1 saturated carbocycles. The van der Waals surface area contributed by atoms with Gasteiger partial charge in [-0.15, -0.1) is 13.1 Å². The number of aliphatic hydroxyl groups is 1. The molecule has 1 aromatic rings. The van der Waals surface area contributed by atoms with Crippen LogP contribution < -0.4 is 10.5 Å². The maximum atomic E-state index is 14.3. The van der Waals surface area contributed by atoms with Crippen LogP contribution in [-0.4, -0.2) is 48.5 Å². The van der Waals surface area contributed by atoms with Crippen LogP contribution in [0.3, 0.4) is 0 Å². The summed E-state index contributed by atoms with van der Waals surface area (Å²) >= 11 is 0. The first-order valence-corrected chi connectivity index (χ1v) is 13.2. The first kappa shape index (κ1) is 33.0. The first-order valence-electron chi connectivity index (χ1n) is 13.2. The fraction of sp³-hybridized carbons (Fsp3) is 0.621. The van der Waals surface area contributed by atoms with Crippen molar-refractivity contribution in [2.45, 2.75) is 76.9 Å². The van der Waals surface area contributed by atoms with E-state index >= 15 is 0 Å². The fourth-order valence-electron chi connectivity index (χ4n) is 4.93. The largest absolute Gasteiger partial charge is 0.662 e. The van der Waals surface area contributed by atoms with Crippen LogP contribution in [0.4, 0.5) is 8.78 Å². The Hall–Kier alpha value is -1.19. The minimum absolute atomic E-state index is 0. The predicted octanol–water partition coefficient (Wildman–Crippen LogP) is 5.37. The van der Waals surface area contributed by atoms with Gasteiger partial charge < -0.3 is 25.6 Å². The summed E-state index contributed by atoms with van der Waals surface area (Å²) in [4.78, 5) is 11.9. The van der Waals surface area contributed by atoms with E-state index in [1.807, 2.05) is 6.08 Å². The quantitative estimate of drug-likeness (QED) is 0.387. The predicted molar refractivity (Wildman–Crippen MR) is 140 cm³/mol. The zero-order valence-corrected chi connectivity index (χ0v) is 25.7. The third-order valence-electron chi connectivity index (χ3n) is 7.00. The number of rotatable bonds is 8. The number of halogens is 2. The average molecular weight is 609 g/mol. The molecule has 4 rings (SSSR count). The number of hydrogen-bond donors (Lipinski definition) is 2. The number of piperidine rings is 1. The Morgan fingerprint density at radius 3 is 2.47 bits per heavy atom. The van der Waals surface area contributed by atoms with E-state index in [0.717, 1.165) is 62.9 Å². The summed E-state index contributed by atoms with van der Waals surface area (Å²) in [5, 5.41) is 12.9. The Labute approximate surface area is 250 Å². The fourth-order valence-corrected chi connectivity index (χ4v) is 4.93. The van der Waals surface area contributed by atoms with Crippen molar-refractivity contribution in [1.29, 1.82) is 0 Å². The van der Waals surface area contributed by atoms with Gasteiger partial charge in [-0.1, -0.05) is 31.1 Å². The van der Waals surface area contributed by atoms with Gasteiger partial charge in [-0.05, 0) is 69.9 Å². The number of nitrogens with zero attached hydrogens (tertiary/aromatic N) is 1. The number of nitrogens with two attached hydrogens (primary N) is 1. The molecule has 209 valence electrons. The molecule has 1 aromatic carbocycles. The van der Waals surface area contributed by atoms with Crippen molar-refractivity contribution in [3.63, 3.8) is 0 Å². The van der Waals surface area contributed by atoms with Crippen molar-refractivity contribution in [3.05, 3.63) is 58.4 Å². The average Bonchev–Trinajstić information content (AvgIpc) is 3.53. The molecule has 6 nitrogen and oxygen atoms in total. The Bertz CT molecular complexity index is 990. The third-order valence-corrected chi connectivity index (χ3v) is 7.00. The molecule has 2 unspecified atom stereocenters. The van der Waals surface area contributed by atoms with Crippen LogP contribution in [0.5, 0.6) is 5.75 Å². The molecule has 0 amide bonds. The van der Waals surface area contributed by atoms with Crippen LogP contribution in [0, 0.1) is 23.5 Å². The van der Waals surface area contributed by atoms with Gasteiger partial charge in [-0.2, -0.15) is 0 Å². The zero-order valence-electron chi connectivity index (χ0n) is 22.8. The summed E-state index contributed by atoms with van der Waals surface area (Å²) in [6.07, 6.45) is 11.7. The summed E-state index contributed by atoms with van der Waals surface area (Å²) < 4.78 is 39.3. The van der Waals surface area contributed by atoms with Gasteiger partial charge in [-0.3, -0.25) is 4.79 Å². The van der Waals surface area contributed by atoms with Gasteiger partial charge in [0.05, 0.1) is 19.6 Å². The maximum absolute atomic E-state index is 14.3. The number of carbonyl (C=O) groups excluding carboxylic acids is 1. The normalized spacial score (nSPS) is 22.9. The molecule has 0 aromatic heterocycles. The topological polar surface area (TPSA) is 95.9 Å². The zero-order chi connectivity index (χ0) is 27.1. The molecule has 9 heteroatoms. The van der Waals surface area contributed by atoms with Crippen LogP contribution in [0.25, 0.3) is 5.32 Å². The molecular weight excluding hydrogens is 567 g/mol. The van der Waals surface area contributed by atoms with Crippen molar-refractivity contribution in [3.8, 4) is 5.75 Å². The van der Waals surface area contributed by atoms with E-state index in [-0.39, 0.29) is 69.2 Å². The van der Waals surface area contributed by atoms with E-state index < -0.39 is 23.2 Å². The van der Waals surface area contributed by atoms with E-state index in [4.69, 9.17) is 20.3 Å². The molecular formula is C29H41F2N2O4Y-. The first-order chi connectivity index (χ1) is 17.5. The van der Waals surface area contributed by atoms with Crippen LogP contribution in [-0.2, 0) is 48.7 Å². The summed E-state index contributed by atoms with van der Waals surface area (Å²) in [5.74, 6) is -1.07. The van der Waals surface area contributed by atoms with Crippen molar-refractivity contribution >= 4 is 5.97 Å². The molecule has 0 bridgehead atoms. The molecule has 0 spiro atoms. The minimum Gasteiger partial charge on any atom is -0.662 e. The number of hydrogen-bond acceptors (Lipinski definition) is 5. The molecule has 3 N–H and O–H groups in total. The Morgan fingerprint density at radius 2 is 1.89 bits per heavy atom. The van der Waals surface area contributed by atoms with Crippen molar-refractivity contribution < 1.29 is 60.9 Å². The SMILES string of the molecule is CC(C)(C)OC(=O)Cc1cc(F)c(OCCC2(N)CC2C2CC[N-]CC2)cc1F.OCC1=CCCC=C1.[Y]. The van der Waals surface area contributed by atoms with Gasteiger partial charge in [-0.25, -0.2) is 8.78 Å². The van der Waals surface area contributed by atoms with E-state index in [1.165, 1.54) is 0 Å². The van der Waals surface area contributed by atoms with E-state index in [0.29, 0.717) is 18.3 Å². The van der Waals surface area contributed by atoms with E-state index in [1.54, 1.807) is 20.8 Å². The van der Waals surface area contributed by atoms with Crippen molar-refractivity contribution in [1.82, 2.24) is 0 Å². The maximum Gasteiger partial charge on any atom is 0.310 e.